The second-order valence-electron chi connectivity index (χ2n) is 7.91. The second kappa shape index (κ2) is 10.6. The van der Waals surface area contributed by atoms with Crippen molar-refractivity contribution in [2.45, 2.75) is 13.8 Å². The van der Waals surface area contributed by atoms with Crippen LogP contribution >= 0.6 is 0 Å². The van der Waals surface area contributed by atoms with Crippen molar-refractivity contribution in [2.24, 2.45) is 0 Å². The van der Waals surface area contributed by atoms with Crippen molar-refractivity contribution >= 4 is 21.9 Å². The first-order valence-electron chi connectivity index (χ1n) is 10.8. The number of para-hydroxylation sites is 1. The molecule has 3 aromatic heterocycles. The summed E-state index contributed by atoms with van der Waals surface area (Å²) in [6.07, 6.45) is 3.61. The Hall–Kier alpha value is -3.59. The molecule has 169 valence electrons. The van der Waals surface area contributed by atoms with Gasteiger partial charge in [-0.2, -0.15) is 0 Å². The fourth-order valence-corrected chi connectivity index (χ4v) is 3.74. The van der Waals surface area contributed by atoms with Crippen LogP contribution in [-0.4, -0.2) is 9.97 Å². The molecular formula is C30H22IrN2O-2. The van der Waals surface area contributed by atoms with Gasteiger partial charge in [-0.25, -0.2) is 0 Å². The largest absolute Gasteiger partial charge is 0.501 e. The van der Waals surface area contributed by atoms with E-state index in [2.05, 4.69) is 54.1 Å². The summed E-state index contributed by atoms with van der Waals surface area (Å²) in [6, 6.07) is 34.5. The molecule has 0 spiro atoms. The number of benzene rings is 3. The van der Waals surface area contributed by atoms with E-state index in [-0.39, 0.29) is 20.1 Å². The minimum Gasteiger partial charge on any atom is -0.501 e. The van der Waals surface area contributed by atoms with Crippen LogP contribution in [0.2, 0.25) is 0 Å². The van der Waals surface area contributed by atoms with E-state index in [9.17, 15) is 0 Å². The SMILES string of the molecule is Cc1c[c-]c(-c2ccccn2)cc1.Cc1ccnc(-c2[c-]ccc3c2oc2ccccc23)c1.[Ir]. The Bertz CT molecular complexity index is 1520. The Labute approximate surface area is 212 Å². The summed E-state index contributed by atoms with van der Waals surface area (Å²) in [6.45, 7) is 4.11. The summed E-state index contributed by atoms with van der Waals surface area (Å²) < 4.78 is 6.01. The van der Waals surface area contributed by atoms with Crippen LogP contribution in [0.1, 0.15) is 11.1 Å². The van der Waals surface area contributed by atoms with Gasteiger partial charge in [0.25, 0.3) is 0 Å². The van der Waals surface area contributed by atoms with Gasteiger partial charge in [0.05, 0.1) is 5.58 Å². The van der Waals surface area contributed by atoms with Crippen molar-refractivity contribution in [3.8, 4) is 22.5 Å². The maximum atomic E-state index is 6.01. The molecule has 0 aliphatic carbocycles. The first kappa shape index (κ1) is 23.6. The molecule has 3 nitrogen and oxygen atoms in total. The second-order valence-corrected chi connectivity index (χ2v) is 7.91. The molecule has 0 aliphatic heterocycles. The molecule has 0 N–H and O–H groups in total. The zero-order chi connectivity index (χ0) is 22.6. The van der Waals surface area contributed by atoms with Gasteiger partial charge in [-0.1, -0.05) is 59.8 Å². The third kappa shape index (κ3) is 4.99. The maximum Gasteiger partial charge on any atom is 0.120 e. The minimum atomic E-state index is 0. The maximum absolute atomic E-state index is 6.01. The van der Waals surface area contributed by atoms with Gasteiger partial charge in [0.2, 0.25) is 0 Å². The van der Waals surface area contributed by atoms with Gasteiger partial charge in [0.15, 0.2) is 0 Å². The molecule has 34 heavy (non-hydrogen) atoms. The normalized spacial score (nSPS) is 10.4. The average Bonchev–Trinajstić information content (AvgIpc) is 3.24. The molecule has 0 saturated heterocycles. The fourth-order valence-electron chi connectivity index (χ4n) is 3.74. The molecule has 6 aromatic rings. The number of furan rings is 1. The smallest absolute Gasteiger partial charge is 0.120 e. The third-order valence-electron chi connectivity index (χ3n) is 5.42. The molecule has 0 atom stereocenters. The molecule has 0 bridgehead atoms. The van der Waals surface area contributed by atoms with Crippen LogP contribution in [0.25, 0.3) is 44.5 Å². The Morgan fingerprint density at radius 3 is 2.29 bits per heavy atom. The van der Waals surface area contributed by atoms with Crippen LogP contribution in [0, 0.1) is 26.0 Å². The Balaban J connectivity index is 0.000000171. The molecule has 0 fully saturated rings. The van der Waals surface area contributed by atoms with Crippen molar-refractivity contribution in [1.82, 2.24) is 9.97 Å². The number of nitrogens with zero attached hydrogens (tertiary/aromatic N) is 2. The van der Waals surface area contributed by atoms with Crippen LogP contribution in [0.5, 0.6) is 0 Å². The molecular weight excluding hydrogens is 597 g/mol. The van der Waals surface area contributed by atoms with Gasteiger partial charge in [-0.15, -0.1) is 53.6 Å². The van der Waals surface area contributed by atoms with Crippen LogP contribution in [0.4, 0.5) is 0 Å². The van der Waals surface area contributed by atoms with Gasteiger partial charge in [-0.05, 0) is 36.5 Å². The summed E-state index contributed by atoms with van der Waals surface area (Å²) in [4.78, 5) is 8.69. The number of aryl methyl sites for hydroxylation is 2. The van der Waals surface area contributed by atoms with Crippen LogP contribution in [0.3, 0.4) is 0 Å². The molecule has 1 radical (unpaired) electrons. The molecule has 4 heteroatoms. The van der Waals surface area contributed by atoms with E-state index in [0.29, 0.717) is 0 Å². The number of fused-ring (bicyclic) bond motifs is 3. The van der Waals surface area contributed by atoms with Crippen LogP contribution < -0.4 is 0 Å². The monoisotopic (exact) mass is 619 g/mol. The van der Waals surface area contributed by atoms with E-state index < -0.39 is 0 Å². The summed E-state index contributed by atoms with van der Waals surface area (Å²) in [5, 5.41) is 2.24. The van der Waals surface area contributed by atoms with Crippen molar-refractivity contribution in [2.75, 3.05) is 0 Å². The molecule has 0 aliphatic rings. The Morgan fingerprint density at radius 2 is 1.53 bits per heavy atom. The van der Waals surface area contributed by atoms with E-state index in [1.165, 1.54) is 11.1 Å². The predicted molar refractivity (Wildman–Crippen MR) is 134 cm³/mol. The van der Waals surface area contributed by atoms with Crippen molar-refractivity contribution in [3.63, 3.8) is 0 Å². The topological polar surface area (TPSA) is 38.9 Å². The van der Waals surface area contributed by atoms with Crippen LogP contribution in [0.15, 0.2) is 102 Å². The van der Waals surface area contributed by atoms with E-state index in [1.54, 1.807) is 6.20 Å². The van der Waals surface area contributed by atoms with Crippen molar-refractivity contribution < 1.29 is 24.5 Å². The minimum absolute atomic E-state index is 0. The van der Waals surface area contributed by atoms with Gasteiger partial charge in [0, 0.05) is 37.9 Å². The van der Waals surface area contributed by atoms with Crippen LogP contribution in [-0.2, 0) is 20.1 Å². The summed E-state index contributed by atoms with van der Waals surface area (Å²) in [5.74, 6) is 0. The van der Waals surface area contributed by atoms with Crippen molar-refractivity contribution in [3.05, 3.63) is 121 Å². The fraction of sp³-hybridized carbons (Fsp3) is 0.0667. The molecule has 3 heterocycles. The number of aromatic nitrogens is 2. The molecule has 0 saturated carbocycles. The molecule has 0 amide bonds. The van der Waals surface area contributed by atoms with E-state index in [4.69, 9.17) is 4.42 Å². The quantitative estimate of drug-likeness (QED) is 0.188. The molecule has 0 unspecified atom stereocenters. The van der Waals surface area contributed by atoms with E-state index in [0.717, 1.165) is 44.5 Å². The Morgan fingerprint density at radius 1 is 0.706 bits per heavy atom. The van der Waals surface area contributed by atoms with Gasteiger partial charge in [-0.3, -0.25) is 0 Å². The van der Waals surface area contributed by atoms with Crippen molar-refractivity contribution in [1.29, 1.82) is 0 Å². The summed E-state index contributed by atoms with van der Waals surface area (Å²) in [7, 11) is 0. The zero-order valence-corrected chi connectivity index (χ0v) is 21.3. The third-order valence-corrected chi connectivity index (χ3v) is 5.42. The molecule has 6 rings (SSSR count). The first-order valence-corrected chi connectivity index (χ1v) is 10.8. The van der Waals surface area contributed by atoms with E-state index >= 15 is 0 Å². The Kier molecular flexibility index (Phi) is 7.32. The number of hydrogen-bond donors (Lipinski definition) is 0. The van der Waals surface area contributed by atoms with Gasteiger partial charge >= 0.3 is 0 Å². The first-order chi connectivity index (χ1) is 16.2. The number of hydrogen-bond acceptors (Lipinski definition) is 3. The standard InChI is InChI=1S/C18H12NO.C12H10N.Ir/c1-12-9-10-19-16(11-12)15-7-4-6-14-13-5-2-3-8-17(13)20-18(14)15;1-10-5-7-11(8-6-10)12-4-2-3-9-13-12;/h2-6,8-11H,1H3;2-7,9H,1H3;/q2*-1;. The molecule has 3 aromatic carbocycles. The summed E-state index contributed by atoms with van der Waals surface area (Å²) >= 11 is 0. The average molecular weight is 619 g/mol. The number of pyridine rings is 2. The van der Waals surface area contributed by atoms with E-state index in [1.807, 2.05) is 72.9 Å². The zero-order valence-electron chi connectivity index (χ0n) is 18.9. The van der Waals surface area contributed by atoms with Gasteiger partial charge in [0.1, 0.15) is 5.58 Å². The number of rotatable bonds is 2. The predicted octanol–water partition coefficient (Wildman–Crippen LogP) is 7.61. The summed E-state index contributed by atoms with van der Waals surface area (Å²) in [5.41, 5.74) is 7.99. The van der Waals surface area contributed by atoms with Gasteiger partial charge < -0.3 is 14.4 Å².